The number of nitrogens with two attached hydrogens (primary N) is 1. The third-order valence-corrected chi connectivity index (χ3v) is 2.15. The Labute approximate surface area is 72.4 Å². The molecule has 0 spiro atoms. The van der Waals surface area contributed by atoms with Crippen LogP contribution in [0.5, 0.6) is 0 Å². The molecule has 2 atom stereocenters. The van der Waals surface area contributed by atoms with Crippen LogP contribution < -0.4 is 5.73 Å². The maximum atomic E-state index is 10.2. The van der Waals surface area contributed by atoms with E-state index in [0.29, 0.717) is 0 Å². The first-order valence-corrected chi connectivity index (χ1v) is 3.67. The summed E-state index contributed by atoms with van der Waals surface area (Å²) < 4.78 is 0. The van der Waals surface area contributed by atoms with Gasteiger partial charge in [0.1, 0.15) is 0 Å². The number of carboxylic acid groups (broad SMARTS) is 1. The van der Waals surface area contributed by atoms with Crippen molar-refractivity contribution in [2.75, 3.05) is 0 Å². The van der Waals surface area contributed by atoms with Crippen molar-refractivity contribution in [2.45, 2.75) is 31.7 Å². The molecule has 0 bridgehead atoms. The molecule has 1 rings (SSSR count). The van der Waals surface area contributed by atoms with E-state index in [2.05, 4.69) is 0 Å². The van der Waals surface area contributed by atoms with Gasteiger partial charge in [-0.2, -0.15) is 0 Å². The van der Waals surface area contributed by atoms with Gasteiger partial charge in [-0.25, -0.2) is 0 Å². The highest BCUT2D eigenvalue weighted by Crippen LogP contribution is 2.26. The maximum absolute atomic E-state index is 10.2. The average Bonchev–Trinajstić information content (AvgIpc) is 2.15. The molecule has 4 heteroatoms. The van der Waals surface area contributed by atoms with Crippen molar-refractivity contribution in [3.05, 3.63) is 0 Å². The number of halogens is 1. The fourth-order valence-corrected chi connectivity index (χ4v) is 1.54. The van der Waals surface area contributed by atoms with Crippen LogP contribution in [0.4, 0.5) is 0 Å². The van der Waals surface area contributed by atoms with Gasteiger partial charge in [0.05, 0.1) is 0 Å². The second-order valence-electron chi connectivity index (χ2n) is 2.95. The molecule has 1 saturated carbocycles. The van der Waals surface area contributed by atoms with E-state index >= 15 is 0 Å². The first-order chi connectivity index (χ1) is 4.70. The summed E-state index contributed by atoms with van der Waals surface area (Å²) in [5, 5.41) is 8.44. The zero-order chi connectivity index (χ0) is 7.56. The Hall–Kier alpha value is -0.280. The Morgan fingerprint density at radius 1 is 1.55 bits per heavy atom. The summed E-state index contributed by atoms with van der Waals surface area (Å²) in [7, 11) is 0. The highest BCUT2D eigenvalue weighted by Gasteiger charge is 2.25. The van der Waals surface area contributed by atoms with E-state index in [4.69, 9.17) is 10.8 Å². The first-order valence-electron chi connectivity index (χ1n) is 3.67. The molecular weight excluding hydrogens is 166 g/mol. The Kier molecular flexibility index (Phi) is 4.45. The van der Waals surface area contributed by atoms with Crippen LogP contribution in [0.2, 0.25) is 0 Å². The van der Waals surface area contributed by atoms with E-state index in [1.807, 2.05) is 0 Å². The molecule has 0 unspecified atom stereocenters. The van der Waals surface area contributed by atoms with Crippen LogP contribution >= 0.6 is 12.4 Å². The molecule has 0 amide bonds. The summed E-state index contributed by atoms with van der Waals surface area (Å²) in [6, 6.07) is 0.135. The summed E-state index contributed by atoms with van der Waals surface area (Å²) in [6.07, 6.45) is 3.34. The summed E-state index contributed by atoms with van der Waals surface area (Å²) in [4.78, 5) is 10.2. The molecule has 1 fully saturated rings. The molecule has 0 aromatic carbocycles. The Morgan fingerprint density at radius 2 is 2.18 bits per heavy atom. The molecule has 1 aliphatic carbocycles. The van der Waals surface area contributed by atoms with Crippen molar-refractivity contribution in [3.63, 3.8) is 0 Å². The van der Waals surface area contributed by atoms with Gasteiger partial charge in [0.2, 0.25) is 0 Å². The summed E-state index contributed by atoms with van der Waals surface area (Å²) >= 11 is 0. The number of carboxylic acids is 1. The second kappa shape index (κ2) is 4.57. The van der Waals surface area contributed by atoms with Crippen molar-refractivity contribution in [3.8, 4) is 0 Å². The SMILES string of the molecule is Cl.N[C@@H]1CCC[C@@H]1CC(=O)O. The summed E-state index contributed by atoms with van der Waals surface area (Å²) in [6.45, 7) is 0. The molecule has 0 aliphatic heterocycles. The molecule has 3 nitrogen and oxygen atoms in total. The quantitative estimate of drug-likeness (QED) is 0.665. The van der Waals surface area contributed by atoms with Crippen LogP contribution in [0.25, 0.3) is 0 Å². The van der Waals surface area contributed by atoms with Gasteiger partial charge in [-0.05, 0) is 18.8 Å². The third kappa shape index (κ3) is 3.08. The predicted octanol–water partition coefficient (Wildman–Crippen LogP) is 1.01. The van der Waals surface area contributed by atoms with Gasteiger partial charge in [0.15, 0.2) is 0 Å². The van der Waals surface area contributed by atoms with Crippen molar-refractivity contribution >= 4 is 18.4 Å². The van der Waals surface area contributed by atoms with Crippen molar-refractivity contribution < 1.29 is 9.90 Å². The molecule has 3 N–H and O–H groups in total. The standard InChI is InChI=1S/C7H13NO2.ClH/c8-6-3-1-2-5(6)4-7(9)10;/h5-6H,1-4,8H2,(H,9,10);1H/t5-,6-;/m1./s1. The lowest BCUT2D eigenvalue weighted by molar-refractivity contribution is -0.138. The zero-order valence-corrected chi connectivity index (χ0v) is 7.14. The van der Waals surface area contributed by atoms with Gasteiger partial charge in [0, 0.05) is 12.5 Å². The lowest BCUT2D eigenvalue weighted by Crippen LogP contribution is -2.26. The number of aliphatic carboxylic acids is 1. The van der Waals surface area contributed by atoms with Gasteiger partial charge in [-0.15, -0.1) is 12.4 Å². The topological polar surface area (TPSA) is 63.3 Å². The van der Waals surface area contributed by atoms with E-state index < -0.39 is 5.97 Å². The first kappa shape index (κ1) is 10.7. The monoisotopic (exact) mass is 179 g/mol. The molecule has 0 heterocycles. The second-order valence-corrected chi connectivity index (χ2v) is 2.95. The Bertz CT molecular complexity index is 140. The van der Waals surface area contributed by atoms with Gasteiger partial charge >= 0.3 is 5.97 Å². The lowest BCUT2D eigenvalue weighted by Gasteiger charge is -2.11. The molecule has 11 heavy (non-hydrogen) atoms. The van der Waals surface area contributed by atoms with Crippen LogP contribution in [-0.2, 0) is 4.79 Å². The van der Waals surface area contributed by atoms with Crippen LogP contribution in [0.3, 0.4) is 0 Å². The number of rotatable bonds is 2. The fraction of sp³-hybridized carbons (Fsp3) is 0.857. The van der Waals surface area contributed by atoms with E-state index in [1.54, 1.807) is 0 Å². The van der Waals surface area contributed by atoms with E-state index in [1.165, 1.54) is 0 Å². The average molecular weight is 180 g/mol. The number of hydrogen-bond donors (Lipinski definition) is 2. The molecule has 0 saturated heterocycles. The van der Waals surface area contributed by atoms with Gasteiger partial charge < -0.3 is 10.8 Å². The molecular formula is C7H14ClNO2. The number of hydrogen-bond acceptors (Lipinski definition) is 2. The minimum atomic E-state index is -0.720. The van der Waals surface area contributed by atoms with Gasteiger partial charge in [-0.1, -0.05) is 6.42 Å². The minimum absolute atomic E-state index is 0. The zero-order valence-electron chi connectivity index (χ0n) is 6.32. The normalized spacial score (nSPS) is 29.5. The number of carbonyl (C=O) groups is 1. The molecule has 0 aromatic rings. The van der Waals surface area contributed by atoms with Crippen LogP contribution in [0.15, 0.2) is 0 Å². The van der Waals surface area contributed by atoms with E-state index in [0.717, 1.165) is 19.3 Å². The largest absolute Gasteiger partial charge is 0.481 e. The molecule has 0 radical (unpaired) electrons. The van der Waals surface area contributed by atoms with Crippen molar-refractivity contribution in [1.29, 1.82) is 0 Å². The van der Waals surface area contributed by atoms with E-state index in [9.17, 15) is 4.79 Å². The lowest BCUT2D eigenvalue weighted by atomic mass is 10.0. The summed E-state index contributed by atoms with van der Waals surface area (Å²) in [5.41, 5.74) is 5.66. The van der Waals surface area contributed by atoms with E-state index in [-0.39, 0.29) is 30.8 Å². The van der Waals surface area contributed by atoms with Crippen LogP contribution in [0.1, 0.15) is 25.7 Å². The smallest absolute Gasteiger partial charge is 0.303 e. The molecule has 0 aromatic heterocycles. The predicted molar refractivity (Wildman–Crippen MR) is 44.8 cm³/mol. The maximum Gasteiger partial charge on any atom is 0.303 e. The van der Waals surface area contributed by atoms with Crippen LogP contribution in [0, 0.1) is 5.92 Å². The fourth-order valence-electron chi connectivity index (χ4n) is 1.54. The molecule has 66 valence electrons. The highest BCUT2D eigenvalue weighted by molar-refractivity contribution is 5.85. The highest BCUT2D eigenvalue weighted by atomic mass is 35.5. The summed E-state index contributed by atoms with van der Waals surface area (Å²) in [5.74, 6) is -0.486. The molecule has 1 aliphatic rings. The van der Waals surface area contributed by atoms with Crippen molar-refractivity contribution in [1.82, 2.24) is 0 Å². The Morgan fingerprint density at radius 3 is 2.55 bits per heavy atom. The Balaban J connectivity index is 0.000001000. The third-order valence-electron chi connectivity index (χ3n) is 2.15. The van der Waals surface area contributed by atoms with Crippen molar-refractivity contribution in [2.24, 2.45) is 11.7 Å². The van der Waals surface area contributed by atoms with Gasteiger partial charge in [0.25, 0.3) is 0 Å². The van der Waals surface area contributed by atoms with Crippen LogP contribution in [-0.4, -0.2) is 17.1 Å². The van der Waals surface area contributed by atoms with Gasteiger partial charge in [-0.3, -0.25) is 4.79 Å². The minimum Gasteiger partial charge on any atom is -0.481 e.